The van der Waals surface area contributed by atoms with E-state index in [9.17, 15) is 4.79 Å². The number of hydrogen-bond acceptors (Lipinski definition) is 4. The first-order valence-electron chi connectivity index (χ1n) is 5.16. The smallest absolute Gasteiger partial charge is 0.360 e. The monoisotopic (exact) mass is 245 g/mol. The maximum absolute atomic E-state index is 11.0. The van der Waals surface area contributed by atoms with Gasteiger partial charge in [-0.2, -0.15) is 0 Å². The fourth-order valence-electron chi connectivity index (χ4n) is 1.54. The summed E-state index contributed by atoms with van der Waals surface area (Å²) in [6, 6.07) is 5.36. The number of carbonyl (C=O) groups is 1. The Morgan fingerprint density at radius 3 is 2.72 bits per heavy atom. The van der Waals surface area contributed by atoms with Gasteiger partial charge in [0.25, 0.3) is 0 Å². The molecule has 0 unspecified atom stereocenters. The standard InChI is InChI=1S/C12H11N3O3/c1-18-15-11(12(16)17)10-6-9(7-14-10)8-2-4-13-5-3-8/h2-7,14H,1H3,(H,16,17). The fraction of sp³-hybridized carbons (Fsp3) is 0.0833. The van der Waals surface area contributed by atoms with Crippen LogP contribution in [0.3, 0.4) is 0 Å². The SMILES string of the molecule is CON=C(C(=O)O)c1cc(-c2ccncc2)c[nH]1. The van der Waals surface area contributed by atoms with E-state index in [0.29, 0.717) is 5.69 Å². The highest BCUT2D eigenvalue weighted by Gasteiger charge is 2.16. The molecule has 0 aromatic carbocycles. The van der Waals surface area contributed by atoms with Crippen LogP contribution in [0.2, 0.25) is 0 Å². The van der Waals surface area contributed by atoms with E-state index in [4.69, 9.17) is 5.11 Å². The van der Waals surface area contributed by atoms with E-state index in [2.05, 4.69) is 20.0 Å². The number of hydrogen-bond donors (Lipinski definition) is 2. The molecule has 0 bridgehead atoms. The van der Waals surface area contributed by atoms with Gasteiger partial charge < -0.3 is 14.9 Å². The summed E-state index contributed by atoms with van der Waals surface area (Å²) in [5, 5.41) is 12.5. The zero-order valence-electron chi connectivity index (χ0n) is 9.62. The number of carboxylic acids is 1. The molecule has 0 spiro atoms. The van der Waals surface area contributed by atoms with Crippen LogP contribution in [0.15, 0.2) is 41.9 Å². The molecule has 0 saturated heterocycles. The fourth-order valence-corrected chi connectivity index (χ4v) is 1.54. The lowest BCUT2D eigenvalue weighted by molar-refractivity contribution is -0.129. The zero-order chi connectivity index (χ0) is 13.0. The van der Waals surface area contributed by atoms with Crippen LogP contribution in [0.4, 0.5) is 0 Å². The van der Waals surface area contributed by atoms with Gasteiger partial charge in [0.15, 0.2) is 0 Å². The predicted octanol–water partition coefficient (Wildman–Crippen LogP) is 1.51. The van der Waals surface area contributed by atoms with Gasteiger partial charge in [-0.3, -0.25) is 4.98 Å². The summed E-state index contributed by atoms with van der Waals surface area (Å²) in [6.45, 7) is 0. The second-order valence-electron chi connectivity index (χ2n) is 3.47. The van der Waals surface area contributed by atoms with Crippen LogP contribution < -0.4 is 0 Å². The Bertz CT molecular complexity index is 575. The molecule has 2 rings (SSSR count). The molecular formula is C12H11N3O3. The van der Waals surface area contributed by atoms with Gasteiger partial charge in [-0.25, -0.2) is 4.79 Å². The van der Waals surface area contributed by atoms with Gasteiger partial charge in [-0.05, 0) is 29.3 Å². The van der Waals surface area contributed by atoms with Gasteiger partial charge in [0.05, 0.1) is 5.69 Å². The maximum atomic E-state index is 11.0. The molecule has 0 amide bonds. The number of aromatic amines is 1. The molecule has 0 fully saturated rings. The van der Waals surface area contributed by atoms with E-state index in [-0.39, 0.29) is 5.71 Å². The highest BCUT2D eigenvalue weighted by molar-refractivity contribution is 6.42. The summed E-state index contributed by atoms with van der Waals surface area (Å²) in [5.74, 6) is -1.15. The van der Waals surface area contributed by atoms with Crippen molar-refractivity contribution in [1.29, 1.82) is 0 Å². The lowest BCUT2D eigenvalue weighted by Crippen LogP contribution is -2.15. The minimum absolute atomic E-state index is 0.169. The molecule has 2 aromatic heterocycles. The topological polar surface area (TPSA) is 87.6 Å². The van der Waals surface area contributed by atoms with Crippen LogP contribution in [-0.2, 0) is 9.63 Å². The Kier molecular flexibility index (Phi) is 3.38. The van der Waals surface area contributed by atoms with Gasteiger partial charge in [-0.1, -0.05) is 5.16 Å². The van der Waals surface area contributed by atoms with Gasteiger partial charge in [-0.15, -0.1) is 0 Å². The maximum Gasteiger partial charge on any atom is 0.360 e. The summed E-state index contributed by atoms with van der Waals surface area (Å²) >= 11 is 0. The summed E-state index contributed by atoms with van der Waals surface area (Å²) in [5.41, 5.74) is 2.01. The van der Waals surface area contributed by atoms with Crippen LogP contribution >= 0.6 is 0 Å². The van der Waals surface area contributed by atoms with E-state index < -0.39 is 5.97 Å². The average Bonchev–Trinajstić information content (AvgIpc) is 2.86. The average molecular weight is 245 g/mol. The minimum Gasteiger partial charge on any atom is -0.476 e. The molecule has 92 valence electrons. The van der Waals surface area contributed by atoms with E-state index >= 15 is 0 Å². The first-order chi connectivity index (χ1) is 8.72. The van der Waals surface area contributed by atoms with E-state index in [0.717, 1.165) is 11.1 Å². The highest BCUT2D eigenvalue weighted by Crippen LogP contribution is 2.19. The number of rotatable bonds is 4. The van der Waals surface area contributed by atoms with Crippen molar-refractivity contribution in [3.8, 4) is 11.1 Å². The van der Waals surface area contributed by atoms with Gasteiger partial charge in [0.2, 0.25) is 5.71 Å². The van der Waals surface area contributed by atoms with Crippen molar-refractivity contribution in [2.45, 2.75) is 0 Å². The molecule has 0 aliphatic heterocycles. The highest BCUT2D eigenvalue weighted by atomic mass is 16.6. The molecule has 6 heteroatoms. The number of oxime groups is 1. The summed E-state index contributed by atoms with van der Waals surface area (Å²) < 4.78 is 0. The number of carboxylic acid groups (broad SMARTS) is 1. The van der Waals surface area contributed by atoms with Crippen LogP contribution in [0.25, 0.3) is 11.1 Å². The molecule has 18 heavy (non-hydrogen) atoms. The number of nitrogens with zero attached hydrogens (tertiary/aromatic N) is 2. The molecule has 6 nitrogen and oxygen atoms in total. The quantitative estimate of drug-likeness (QED) is 0.631. The van der Waals surface area contributed by atoms with Crippen LogP contribution in [-0.4, -0.2) is 33.9 Å². The molecule has 0 atom stereocenters. The molecule has 0 saturated carbocycles. The van der Waals surface area contributed by atoms with E-state index in [1.54, 1.807) is 24.7 Å². The molecule has 2 N–H and O–H groups in total. The molecule has 0 aliphatic rings. The first-order valence-corrected chi connectivity index (χ1v) is 5.16. The largest absolute Gasteiger partial charge is 0.476 e. The number of H-pyrrole nitrogens is 1. The molecular weight excluding hydrogens is 234 g/mol. The van der Waals surface area contributed by atoms with Gasteiger partial charge in [0.1, 0.15) is 7.11 Å². The first kappa shape index (κ1) is 11.8. The lowest BCUT2D eigenvalue weighted by atomic mass is 10.1. The summed E-state index contributed by atoms with van der Waals surface area (Å²) in [7, 11) is 1.30. The number of nitrogens with one attached hydrogen (secondary N) is 1. The third-order valence-corrected chi connectivity index (χ3v) is 2.34. The third-order valence-electron chi connectivity index (χ3n) is 2.34. The summed E-state index contributed by atoms with van der Waals surface area (Å²) in [4.78, 5) is 22.3. The van der Waals surface area contributed by atoms with Crippen molar-refractivity contribution < 1.29 is 14.7 Å². The van der Waals surface area contributed by atoms with Crippen molar-refractivity contribution in [2.75, 3.05) is 7.11 Å². The van der Waals surface area contributed by atoms with Crippen LogP contribution in [0, 0.1) is 0 Å². The van der Waals surface area contributed by atoms with E-state index in [1.807, 2.05) is 12.1 Å². The van der Waals surface area contributed by atoms with Crippen molar-refractivity contribution in [3.63, 3.8) is 0 Å². The Hall–Kier alpha value is -2.63. The second kappa shape index (κ2) is 5.13. The molecule has 2 heterocycles. The Morgan fingerprint density at radius 1 is 1.39 bits per heavy atom. The van der Waals surface area contributed by atoms with Gasteiger partial charge >= 0.3 is 5.97 Å². The predicted molar refractivity (Wildman–Crippen MR) is 65.2 cm³/mol. The zero-order valence-corrected chi connectivity index (χ0v) is 9.62. The minimum atomic E-state index is -1.15. The van der Waals surface area contributed by atoms with Crippen molar-refractivity contribution in [2.24, 2.45) is 5.16 Å². The second-order valence-corrected chi connectivity index (χ2v) is 3.47. The normalized spacial score (nSPS) is 11.3. The molecule has 2 aromatic rings. The number of aliphatic carboxylic acids is 1. The van der Waals surface area contributed by atoms with Crippen molar-refractivity contribution in [3.05, 3.63) is 42.5 Å². The Morgan fingerprint density at radius 2 is 2.11 bits per heavy atom. The summed E-state index contributed by atoms with van der Waals surface area (Å²) in [6.07, 6.45) is 5.05. The van der Waals surface area contributed by atoms with E-state index in [1.165, 1.54) is 7.11 Å². The van der Waals surface area contributed by atoms with Crippen molar-refractivity contribution in [1.82, 2.24) is 9.97 Å². The molecule has 0 radical (unpaired) electrons. The third kappa shape index (κ3) is 2.37. The number of aromatic nitrogens is 2. The van der Waals surface area contributed by atoms with Crippen LogP contribution in [0.5, 0.6) is 0 Å². The molecule has 0 aliphatic carbocycles. The van der Waals surface area contributed by atoms with Gasteiger partial charge in [0, 0.05) is 18.6 Å². The number of pyridine rings is 1. The Balaban J connectivity index is 2.36. The lowest BCUT2D eigenvalue weighted by Gasteiger charge is -1.96. The van der Waals surface area contributed by atoms with Crippen LogP contribution in [0.1, 0.15) is 5.69 Å². The Labute approximate surface area is 103 Å². The van der Waals surface area contributed by atoms with Crippen molar-refractivity contribution >= 4 is 11.7 Å².